The molecule has 160 valence electrons. The van der Waals surface area contributed by atoms with Crippen molar-refractivity contribution in [3.8, 4) is 5.75 Å². The number of piperazine rings is 1. The first-order chi connectivity index (χ1) is 14.5. The topological polar surface area (TPSA) is 105 Å². The van der Waals surface area contributed by atoms with Crippen molar-refractivity contribution < 1.29 is 14.3 Å². The van der Waals surface area contributed by atoms with Crippen LogP contribution < -0.4 is 10.1 Å². The SMILES string of the molecule is COc1ccc(C(=O)N2CCN(C)CC2)cc1NC(=O)CSc1nnnn1C1CC1. The van der Waals surface area contributed by atoms with Gasteiger partial charge in [-0.05, 0) is 48.5 Å². The average Bonchev–Trinajstić information content (AvgIpc) is 3.49. The van der Waals surface area contributed by atoms with Crippen LogP contribution in [0.3, 0.4) is 0 Å². The van der Waals surface area contributed by atoms with Gasteiger partial charge in [-0.15, -0.1) is 5.10 Å². The van der Waals surface area contributed by atoms with Crippen LogP contribution in [0.15, 0.2) is 23.4 Å². The summed E-state index contributed by atoms with van der Waals surface area (Å²) in [5.74, 6) is 0.408. The van der Waals surface area contributed by atoms with E-state index in [-0.39, 0.29) is 17.6 Å². The lowest BCUT2D eigenvalue weighted by molar-refractivity contribution is -0.113. The third-order valence-corrected chi connectivity index (χ3v) is 6.13. The summed E-state index contributed by atoms with van der Waals surface area (Å²) in [6.45, 7) is 3.08. The summed E-state index contributed by atoms with van der Waals surface area (Å²) >= 11 is 1.29. The molecule has 1 aliphatic heterocycles. The Bertz CT molecular complexity index is 923. The molecule has 1 aliphatic carbocycles. The molecule has 0 spiro atoms. The largest absolute Gasteiger partial charge is 0.495 e. The van der Waals surface area contributed by atoms with E-state index in [1.54, 1.807) is 22.9 Å². The van der Waals surface area contributed by atoms with Crippen LogP contribution in [0.4, 0.5) is 5.69 Å². The van der Waals surface area contributed by atoms with Gasteiger partial charge < -0.3 is 19.9 Å². The molecule has 1 aromatic carbocycles. The number of methoxy groups -OCH3 is 1. The summed E-state index contributed by atoms with van der Waals surface area (Å²) in [6, 6.07) is 5.46. The second kappa shape index (κ2) is 9.00. The van der Waals surface area contributed by atoms with Gasteiger partial charge in [0.2, 0.25) is 11.1 Å². The van der Waals surface area contributed by atoms with Gasteiger partial charge in [0.15, 0.2) is 0 Å². The fraction of sp³-hybridized carbons (Fsp3) is 0.526. The van der Waals surface area contributed by atoms with Crippen molar-refractivity contribution in [3.63, 3.8) is 0 Å². The molecule has 1 saturated heterocycles. The van der Waals surface area contributed by atoms with Crippen LogP contribution in [0.25, 0.3) is 0 Å². The van der Waals surface area contributed by atoms with Crippen molar-refractivity contribution in [2.24, 2.45) is 0 Å². The number of likely N-dealkylation sites (N-methyl/N-ethyl adjacent to an activating group) is 1. The minimum Gasteiger partial charge on any atom is -0.495 e. The van der Waals surface area contributed by atoms with E-state index in [2.05, 4.69) is 25.7 Å². The number of nitrogens with zero attached hydrogens (tertiary/aromatic N) is 6. The number of thioether (sulfide) groups is 1. The molecule has 1 saturated carbocycles. The molecular weight excluding hydrogens is 406 g/mol. The summed E-state index contributed by atoms with van der Waals surface area (Å²) in [5, 5.41) is 15.2. The zero-order chi connectivity index (χ0) is 21.1. The molecule has 11 heteroatoms. The number of anilines is 1. The van der Waals surface area contributed by atoms with Crippen LogP contribution in [0.1, 0.15) is 29.2 Å². The van der Waals surface area contributed by atoms with Crippen molar-refractivity contribution in [3.05, 3.63) is 23.8 Å². The van der Waals surface area contributed by atoms with Crippen LogP contribution in [0.5, 0.6) is 5.75 Å². The van der Waals surface area contributed by atoms with E-state index in [9.17, 15) is 9.59 Å². The van der Waals surface area contributed by atoms with Crippen LogP contribution in [-0.4, -0.2) is 87.9 Å². The number of rotatable bonds is 7. The van der Waals surface area contributed by atoms with E-state index < -0.39 is 0 Å². The normalized spacial score (nSPS) is 17.1. The maximum absolute atomic E-state index is 12.9. The molecule has 2 amide bonds. The quantitative estimate of drug-likeness (QED) is 0.651. The number of carbonyl (C=O) groups is 2. The first-order valence-electron chi connectivity index (χ1n) is 9.91. The Morgan fingerprint density at radius 1 is 1.23 bits per heavy atom. The van der Waals surface area contributed by atoms with E-state index in [4.69, 9.17) is 4.74 Å². The molecule has 1 N–H and O–H groups in total. The summed E-state index contributed by atoms with van der Waals surface area (Å²) in [4.78, 5) is 29.4. The maximum Gasteiger partial charge on any atom is 0.254 e. The second-order valence-electron chi connectivity index (χ2n) is 7.48. The minimum atomic E-state index is -0.215. The van der Waals surface area contributed by atoms with Gasteiger partial charge in [0.05, 0.1) is 24.6 Å². The smallest absolute Gasteiger partial charge is 0.254 e. The van der Waals surface area contributed by atoms with E-state index in [0.29, 0.717) is 41.3 Å². The first-order valence-corrected chi connectivity index (χ1v) is 10.9. The Morgan fingerprint density at radius 2 is 2.00 bits per heavy atom. The highest BCUT2D eigenvalue weighted by Crippen LogP contribution is 2.36. The summed E-state index contributed by atoms with van der Waals surface area (Å²) in [5.41, 5.74) is 1.01. The number of nitrogens with one attached hydrogen (secondary N) is 1. The Labute approximate surface area is 178 Å². The summed E-state index contributed by atoms with van der Waals surface area (Å²) < 4.78 is 7.13. The maximum atomic E-state index is 12.9. The zero-order valence-electron chi connectivity index (χ0n) is 17.1. The lowest BCUT2D eigenvalue weighted by Gasteiger charge is -2.32. The van der Waals surface area contributed by atoms with Crippen LogP contribution in [0.2, 0.25) is 0 Å². The molecule has 0 radical (unpaired) electrons. The number of hydrogen-bond donors (Lipinski definition) is 1. The van der Waals surface area contributed by atoms with Gasteiger partial charge in [0.1, 0.15) is 5.75 Å². The molecule has 4 rings (SSSR count). The van der Waals surface area contributed by atoms with E-state index in [0.717, 1.165) is 25.9 Å². The number of carbonyl (C=O) groups excluding carboxylic acids is 2. The molecule has 30 heavy (non-hydrogen) atoms. The Morgan fingerprint density at radius 3 is 2.70 bits per heavy atom. The van der Waals surface area contributed by atoms with E-state index in [1.165, 1.54) is 18.9 Å². The van der Waals surface area contributed by atoms with Gasteiger partial charge >= 0.3 is 0 Å². The van der Waals surface area contributed by atoms with Crippen LogP contribution in [0, 0.1) is 0 Å². The van der Waals surface area contributed by atoms with Crippen molar-refractivity contribution in [2.75, 3.05) is 51.4 Å². The summed E-state index contributed by atoms with van der Waals surface area (Å²) in [6.07, 6.45) is 2.13. The highest BCUT2D eigenvalue weighted by atomic mass is 32.2. The average molecular weight is 432 g/mol. The highest BCUT2D eigenvalue weighted by Gasteiger charge is 2.28. The monoisotopic (exact) mass is 431 g/mol. The van der Waals surface area contributed by atoms with Crippen molar-refractivity contribution >= 4 is 29.3 Å². The minimum absolute atomic E-state index is 0.0424. The molecule has 2 aliphatic rings. The van der Waals surface area contributed by atoms with Gasteiger partial charge in [-0.25, -0.2) is 4.68 Å². The molecule has 10 nitrogen and oxygen atoms in total. The fourth-order valence-corrected chi connectivity index (χ4v) is 4.02. The predicted octanol–water partition coefficient (Wildman–Crippen LogP) is 1.13. The third-order valence-electron chi connectivity index (χ3n) is 5.20. The van der Waals surface area contributed by atoms with E-state index >= 15 is 0 Å². The van der Waals surface area contributed by atoms with Crippen molar-refractivity contribution in [1.29, 1.82) is 0 Å². The van der Waals surface area contributed by atoms with Crippen molar-refractivity contribution in [2.45, 2.75) is 24.0 Å². The Hall–Kier alpha value is -2.66. The van der Waals surface area contributed by atoms with Crippen molar-refractivity contribution in [1.82, 2.24) is 30.0 Å². The first kappa shape index (κ1) is 20.6. The highest BCUT2D eigenvalue weighted by molar-refractivity contribution is 7.99. The van der Waals surface area contributed by atoms with Gasteiger partial charge in [-0.1, -0.05) is 11.8 Å². The van der Waals surface area contributed by atoms with Crippen LogP contribution in [-0.2, 0) is 4.79 Å². The standard InChI is InChI=1S/C19H25N7O3S/c1-24-7-9-25(10-8-24)18(28)13-3-6-16(29-2)15(11-13)20-17(27)12-30-19-21-22-23-26(19)14-4-5-14/h3,6,11,14H,4-5,7-10,12H2,1-2H3,(H,20,27). The van der Waals surface area contributed by atoms with Gasteiger partial charge in [-0.2, -0.15) is 0 Å². The molecule has 1 aromatic heterocycles. The molecule has 0 atom stereocenters. The van der Waals surface area contributed by atoms with Gasteiger partial charge in [0, 0.05) is 31.7 Å². The Balaban J connectivity index is 1.40. The fourth-order valence-electron chi connectivity index (χ4n) is 3.28. The Kier molecular flexibility index (Phi) is 6.18. The molecule has 2 fully saturated rings. The molecular formula is C19H25N7O3S. The number of hydrogen-bond acceptors (Lipinski definition) is 8. The van der Waals surface area contributed by atoms with Crippen LogP contribution >= 0.6 is 11.8 Å². The van der Waals surface area contributed by atoms with Gasteiger partial charge in [-0.3, -0.25) is 9.59 Å². The number of aromatic nitrogens is 4. The molecule has 2 aromatic rings. The third kappa shape index (κ3) is 4.73. The predicted molar refractivity (Wildman–Crippen MR) is 112 cm³/mol. The molecule has 2 heterocycles. The second-order valence-corrected chi connectivity index (χ2v) is 8.43. The van der Waals surface area contributed by atoms with Gasteiger partial charge in [0.25, 0.3) is 5.91 Å². The lowest BCUT2D eigenvalue weighted by Crippen LogP contribution is -2.47. The number of tetrazole rings is 1. The van der Waals surface area contributed by atoms with E-state index in [1.807, 2.05) is 11.9 Å². The number of amides is 2. The molecule has 0 bridgehead atoms. The number of ether oxygens (including phenoxy) is 1. The molecule has 0 unspecified atom stereocenters. The number of benzene rings is 1. The zero-order valence-corrected chi connectivity index (χ0v) is 17.9. The summed E-state index contributed by atoms with van der Waals surface area (Å²) in [7, 11) is 3.58. The lowest BCUT2D eigenvalue weighted by atomic mass is 10.1.